The zero-order valence-electron chi connectivity index (χ0n) is 9.23. The second-order valence-corrected chi connectivity index (χ2v) is 5.45. The van der Waals surface area contributed by atoms with Gasteiger partial charge in [0.15, 0.2) is 4.91 Å². The van der Waals surface area contributed by atoms with Crippen molar-refractivity contribution < 1.29 is 13.2 Å². The van der Waals surface area contributed by atoms with Crippen LogP contribution >= 0.6 is 0 Å². The van der Waals surface area contributed by atoms with Crippen LogP contribution in [0.25, 0.3) is 5.70 Å². The molecular formula is C11H12N2O3S. The molecule has 90 valence electrons. The third kappa shape index (κ3) is 1.61. The molecule has 0 aromatic heterocycles. The maximum atomic E-state index is 12.1. The first-order chi connectivity index (χ1) is 8.00. The molecule has 0 fully saturated rings. The van der Waals surface area contributed by atoms with Crippen molar-refractivity contribution in [3.8, 4) is 0 Å². The topological polar surface area (TPSA) is 89.3 Å². The second-order valence-electron chi connectivity index (χ2n) is 3.60. The molecule has 0 aliphatic carbocycles. The van der Waals surface area contributed by atoms with Gasteiger partial charge in [-0.15, -0.1) is 0 Å². The Morgan fingerprint density at radius 3 is 2.59 bits per heavy atom. The predicted octanol–water partition coefficient (Wildman–Crippen LogP) is 0.237. The Morgan fingerprint density at radius 1 is 1.35 bits per heavy atom. The van der Waals surface area contributed by atoms with E-state index in [4.69, 9.17) is 5.73 Å². The number of amides is 1. The molecule has 0 spiro atoms. The Bertz CT molecular complexity index is 617. The van der Waals surface area contributed by atoms with Crippen LogP contribution in [0, 0.1) is 0 Å². The van der Waals surface area contributed by atoms with Crippen LogP contribution in [0.15, 0.2) is 34.1 Å². The molecule has 1 aliphatic heterocycles. The molecule has 0 unspecified atom stereocenters. The highest BCUT2D eigenvalue weighted by Gasteiger charge is 2.38. The number of primary amides is 1. The maximum Gasteiger partial charge on any atom is 0.262 e. The highest BCUT2D eigenvalue weighted by atomic mass is 32.2. The van der Waals surface area contributed by atoms with Gasteiger partial charge in [-0.1, -0.05) is 18.2 Å². The smallest absolute Gasteiger partial charge is 0.262 e. The predicted molar refractivity (Wildman–Crippen MR) is 63.4 cm³/mol. The summed E-state index contributed by atoms with van der Waals surface area (Å²) in [6.07, 6.45) is 0. The third-order valence-corrected chi connectivity index (χ3v) is 4.40. The minimum absolute atomic E-state index is 0.129. The minimum Gasteiger partial charge on any atom is -0.384 e. The first-order valence-electron chi connectivity index (χ1n) is 5.12. The summed E-state index contributed by atoms with van der Waals surface area (Å²) in [5.74, 6) is -0.933. The van der Waals surface area contributed by atoms with Crippen LogP contribution in [-0.4, -0.2) is 20.9 Å². The van der Waals surface area contributed by atoms with Crippen molar-refractivity contribution in [1.29, 1.82) is 0 Å². The number of sulfone groups is 1. The molecule has 0 saturated carbocycles. The fourth-order valence-corrected chi connectivity index (χ4v) is 3.54. The van der Waals surface area contributed by atoms with E-state index in [0.717, 1.165) is 0 Å². The van der Waals surface area contributed by atoms with Gasteiger partial charge >= 0.3 is 0 Å². The van der Waals surface area contributed by atoms with Gasteiger partial charge in [0, 0.05) is 12.1 Å². The number of rotatable bonds is 3. The van der Waals surface area contributed by atoms with Crippen LogP contribution in [0.3, 0.4) is 0 Å². The number of hydrogen-bond donors (Lipinski definition) is 2. The molecule has 0 radical (unpaired) electrons. The summed E-state index contributed by atoms with van der Waals surface area (Å²) in [5, 5.41) is 2.89. The van der Waals surface area contributed by atoms with E-state index in [2.05, 4.69) is 5.32 Å². The monoisotopic (exact) mass is 252 g/mol. The lowest BCUT2D eigenvalue weighted by Crippen LogP contribution is -2.22. The van der Waals surface area contributed by atoms with E-state index in [1.165, 1.54) is 6.07 Å². The van der Waals surface area contributed by atoms with Gasteiger partial charge in [0.25, 0.3) is 5.91 Å². The van der Waals surface area contributed by atoms with E-state index in [1.54, 1.807) is 18.2 Å². The normalized spacial score (nSPS) is 16.8. The maximum absolute atomic E-state index is 12.1. The van der Waals surface area contributed by atoms with E-state index >= 15 is 0 Å². The highest BCUT2D eigenvalue weighted by Crippen LogP contribution is 2.37. The van der Waals surface area contributed by atoms with Gasteiger partial charge in [0.1, 0.15) is 0 Å². The van der Waals surface area contributed by atoms with Crippen LogP contribution in [0.4, 0.5) is 0 Å². The van der Waals surface area contributed by atoms with Gasteiger partial charge in [0.05, 0.1) is 10.6 Å². The molecule has 1 aliphatic rings. The van der Waals surface area contributed by atoms with Crippen molar-refractivity contribution in [3.05, 3.63) is 34.7 Å². The van der Waals surface area contributed by atoms with Gasteiger partial charge in [-0.25, -0.2) is 8.42 Å². The molecule has 3 N–H and O–H groups in total. The van der Waals surface area contributed by atoms with Crippen LogP contribution in [0.2, 0.25) is 0 Å². The fourth-order valence-electron chi connectivity index (χ4n) is 1.88. The molecule has 1 aromatic carbocycles. The molecule has 1 aromatic rings. The summed E-state index contributed by atoms with van der Waals surface area (Å²) in [6.45, 7) is 2.33. The average Bonchev–Trinajstić information content (AvgIpc) is 2.49. The minimum atomic E-state index is -3.77. The Morgan fingerprint density at radius 2 is 2.00 bits per heavy atom. The SMILES string of the molecule is CCNC1=C(C(N)=O)S(=O)(=O)c2ccccc21. The van der Waals surface area contributed by atoms with E-state index in [-0.39, 0.29) is 9.80 Å². The van der Waals surface area contributed by atoms with Gasteiger partial charge in [0.2, 0.25) is 9.84 Å². The first-order valence-corrected chi connectivity index (χ1v) is 6.61. The van der Waals surface area contributed by atoms with Crippen molar-refractivity contribution >= 4 is 21.4 Å². The van der Waals surface area contributed by atoms with Gasteiger partial charge in [-0.3, -0.25) is 4.79 Å². The molecule has 1 heterocycles. The zero-order valence-corrected chi connectivity index (χ0v) is 10.0. The number of carbonyl (C=O) groups is 1. The Kier molecular flexibility index (Phi) is 2.66. The van der Waals surface area contributed by atoms with E-state index in [9.17, 15) is 13.2 Å². The number of benzene rings is 1. The van der Waals surface area contributed by atoms with E-state index < -0.39 is 15.7 Å². The summed E-state index contributed by atoms with van der Waals surface area (Å²) in [5.41, 5.74) is 5.96. The summed E-state index contributed by atoms with van der Waals surface area (Å²) >= 11 is 0. The number of nitrogens with two attached hydrogens (primary N) is 1. The van der Waals surface area contributed by atoms with Gasteiger partial charge in [-0.2, -0.15) is 0 Å². The number of hydrogen-bond acceptors (Lipinski definition) is 4. The van der Waals surface area contributed by atoms with Crippen LogP contribution in [0.1, 0.15) is 12.5 Å². The first kappa shape index (κ1) is 11.7. The van der Waals surface area contributed by atoms with Crippen LogP contribution in [0.5, 0.6) is 0 Å². The number of nitrogens with one attached hydrogen (secondary N) is 1. The summed E-state index contributed by atoms with van der Waals surface area (Å²) in [4.78, 5) is 11.1. The van der Waals surface area contributed by atoms with E-state index in [0.29, 0.717) is 17.8 Å². The molecule has 0 saturated heterocycles. The van der Waals surface area contributed by atoms with Crippen LogP contribution in [-0.2, 0) is 14.6 Å². The number of fused-ring (bicyclic) bond motifs is 1. The Hall–Kier alpha value is -1.82. The number of carbonyl (C=O) groups excluding carboxylic acids is 1. The molecule has 0 bridgehead atoms. The van der Waals surface area contributed by atoms with Crippen molar-refractivity contribution in [3.63, 3.8) is 0 Å². The molecule has 1 amide bonds. The van der Waals surface area contributed by atoms with Crippen molar-refractivity contribution in [2.24, 2.45) is 5.73 Å². The summed E-state index contributed by atoms with van der Waals surface area (Å²) in [6, 6.07) is 6.46. The molecule has 2 rings (SSSR count). The van der Waals surface area contributed by atoms with E-state index in [1.807, 2.05) is 6.92 Å². The van der Waals surface area contributed by atoms with Crippen molar-refractivity contribution in [2.75, 3.05) is 6.54 Å². The van der Waals surface area contributed by atoms with Gasteiger partial charge in [-0.05, 0) is 13.0 Å². The lowest BCUT2D eigenvalue weighted by molar-refractivity contribution is -0.113. The zero-order chi connectivity index (χ0) is 12.6. The lowest BCUT2D eigenvalue weighted by atomic mass is 10.1. The van der Waals surface area contributed by atoms with Crippen molar-refractivity contribution in [1.82, 2.24) is 5.32 Å². The molecular weight excluding hydrogens is 240 g/mol. The molecule has 6 heteroatoms. The molecule has 17 heavy (non-hydrogen) atoms. The summed E-state index contributed by atoms with van der Waals surface area (Å²) < 4.78 is 24.2. The highest BCUT2D eigenvalue weighted by molar-refractivity contribution is 7.97. The standard InChI is InChI=1S/C11H12N2O3S/c1-2-13-9-7-5-3-4-6-8(7)17(15,16)10(9)11(12)14/h3-6,13H,2H2,1H3,(H2,12,14). The Labute approximate surface area is 99.2 Å². The quantitative estimate of drug-likeness (QED) is 0.806. The second kappa shape index (κ2) is 3.89. The fraction of sp³-hybridized carbons (Fsp3) is 0.182. The largest absolute Gasteiger partial charge is 0.384 e. The average molecular weight is 252 g/mol. The molecule has 5 nitrogen and oxygen atoms in total. The lowest BCUT2D eigenvalue weighted by Gasteiger charge is -2.05. The summed E-state index contributed by atoms with van der Waals surface area (Å²) in [7, 11) is -3.77. The van der Waals surface area contributed by atoms with Gasteiger partial charge < -0.3 is 11.1 Å². The molecule has 0 atom stereocenters. The van der Waals surface area contributed by atoms with Crippen molar-refractivity contribution in [2.45, 2.75) is 11.8 Å². The Balaban J connectivity index is 2.78. The van der Waals surface area contributed by atoms with Crippen LogP contribution < -0.4 is 11.1 Å². The third-order valence-electron chi connectivity index (χ3n) is 2.52.